The van der Waals surface area contributed by atoms with Gasteiger partial charge < -0.3 is 5.73 Å². The minimum absolute atomic E-state index is 0.301. The van der Waals surface area contributed by atoms with Gasteiger partial charge in [-0.2, -0.15) is 5.10 Å². The second-order valence-electron chi connectivity index (χ2n) is 5.55. The summed E-state index contributed by atoms with van der Waals surface area (Å²) in [5, 5.41) is 6.79. The van der Waals surface area contributed by atoms with E-state index in [0.717, 1.165) is 22.3 Å². The Kier molecular flexibility index (Phi) is 3.70. The number of rotatable bonds is 3. The number of hydrogen-bond donors (Lipinski definition) is 2. The average Bonchev–Trinajstić information content (AvgIpc) is 3.17. The first kappa shape index (κ1) is 15.0. The molecule has 0 atom stereocenters. The molecule has 4 aromatic rings. The standard InChI is InChI=1S/C19H14FN5/c20-17-7-12(5-6-16(17)18-10-23-19(21)11-22-18)14-3-1-2-4-15(14)13-8-24-25-9-13/h1-11H,(H2,21,23)(H,24,25). The van der Waals surface area contributed by atoms with E-state index in [9.17, 15) is 4.39 Å². The lowest BCUT2D eigenvalue weighted by Gasteiger charge is -2.10. The summed E-state index contributed by atoms with van der Waals surface area (Å²) >= 11 is 0. The van der Waals surface area contributed by atoms with E-state index < -0.39 is 0 Å². The molecule has 2 aromatic heterocycles. The topological polar surface area (TPSA) is 80.5 Å². The van der Waals surface area contributed by atoms with E-state index in [1.165, 1.54) is 18.5 Å². The van der Waals surface area contributed by atoms with E-state index in [2.05, 4.69) is 20.2 Å². The maximum Gasteiger partial charge on any atom is 0.141 e. The van der Waals surface area contributed by atoms with Gasteiger partial charge in [-0.15, -0.1) is 0 Å². The number of hydrogen-bond acceptors (Lipinski definition) is 4. The number of anilines is 1. The predicted molar refractivity (Wildman–Crippen MR) is 94.9 cm³/mol. The first-order valence-electron chi connectivity index (χ1n) is 7.68. The van der Waals surface area contributed by atoms with Crippen LogP contribution in [0.1, 0.15) is 0 Å². The Balaban J connectivity index is 1.79. The van der Waals surface area contributed by atoms with Crippen LogP contribution >= 0.6 is 0 Å². The first-order chi connectivity index (χ1) is 12.2. The lowest BCUT2D eigenvalue weighted by atomic mass is 9.95. The second kappa shape index (κ2) is 6.16. The molecule has 0 radical (unpaired) electrons. The quantitative estimate of drug-likeness (QED) is 0.596. The minimum Gasteiger partial charge on any atom is -0.382 e. The zero-order valence-electron chi connectivity index (χ0n) is 13.1. The van der Waals surface area contributed by atoms with E-state index in [4.69, 9.17) is 5.73 Å². The number of nitrogen functional groups attached to an aromatic ring is 1. The van der Waals surface area contributed by atoms with Crippen LogP contribution in [0.15, 0.2) is 67.3 Å². The molecular weight excluding hydrogens is 317 g/mol. The molecule has 0 aliphatic carbocycles. The summed E-state index contributed by atoms with van der Waals surface area (Å²) in [5.74, 6) is -0.0617. The molecule has 0 aliphatic heterocycles. The molecule has 4 rings (SSSR count). The van der Waals surface area contributed by atoms with Crippen molar-refractivity contribution in [3.63, 3.8) is 0 Å². The normalized spacial score (nSPS) is 10.8. The van der Waals surface area contributed by atoms with Crippen molar-refractivity contribution in [2.75, 3.05) is 5.73 Å². The Morgan fingerprint density at radius 2 is 1.64 bits per heavy atom. The summed E-state index contributed by atoms with van der Waals surface area (Å²) in [6.07, 6.45) is 6.44. The van der Waals surface area contributed by atoms with Crippen LogP contribution in [0.4, 0.5) is 10.2 Å². The first-order valence-corrected chi connectivity index (χ1v) is 7.68. The summed E-state index contributed by atoms with van der Waals surface area (Å²) in [6, 6.07) is 12.9. The molecule has 0 fully saturated rings. The van der Waals surface area contributed by atoms with E-state index in [0.29, 0.717) is 17.1 Å². The van der Waals surface area contributed by atoms with Crippen molar-refractivity contribution >= 4 is 5.82 Å². The van der Waals surface area contributed by atoms with Crippen LogP contribution in [0.3, 0.4) is 0 Å². The van der Waals surface area contributed by atoms with Gasteiger partial charge in [-0.1, -0.05) is 30.3 Å². The van der Waals surface area contributed by atoms with Crippen LogP contribution < -0.4 is 5.73 Å². The van der Waals surface area contributed by atoms with Crippen molar-refractivity contribution in [1.82, 2.24) is 20.2 Å². The van der Waals surface area contributed by atoms with Crippen molar-refractivity contribution in [2.24, 2.45) is 0 Å². The maximum atomic E-state index is 14.7. The van der Waals surface area contributed by atoms with E-state index >= 15 is 0 Å². The number of H-pyrrole nitrogens is 1. The zero-order valence-corrected chi connectivity index (χ0v) is 13.1. The van der Waals surface area contributed by atoms with Crippen LogP contribution in [0.2, 0.25) is 0 Å². The van der Waals surface area contributed by atoms with E-state index in [1.807, 2.05) is 36.5 Å². The van der Waals surface area contributed by atoms with Gasteiger partial charge in [-0.25, -0.2) is 9.37 Å². The molecule has 0 saturated heterocycles. The third-order valence-electron chi connectivity index (χ3n) is 3.96. The van der Waals surface area contributed by atoms with Crippen molar-refractivity contribution in [1.29, 1.82) is 0 Å². The highest BCUT2D eigenvalue weighted by molar-refractivity contribution is 5.83. The van der Waals surface area contributed by atoms with Crippen LogP contribution in [-0.4, -0.2) is 20.2 Å². The number of benzene rings is 2. The number of nitrogens with zero attached hydrogens (tertiary/aromatic N) is 3. The third kappa shape index (κ3) is 2.85. The van der Waals surface area contributed by atoms with Crippen LogP contribution in [0.25, 0.3) is 33.5 Å². The Bertz CT molecular complexity index is 1010. The lowest BCUT2D eigenvalue weighted by molar-refractivity contribution is 0.631. The summed E-state index contributed by atoms with van der Waals surface area (Å²) in [5.41, 5.74) is 10.0. The van der Waals surface area contributed by atoms with Crippen LogP contribution in [-0.2, 0) is 0 Å². The molecule has 2 aromatic carbocycles. The highest BCUT2D eigenvalue weighted by Gasteiger charge is 2.12. The lowest BCUT2D eigenvalue weighted by Crippen LogP contribution is -1.94. The molecule has 0 bridgehead atoms. The molecule has 0 amide bonds. The summed E-state index contributed by atoms with van der Waals surface area (Å²) in [6.45, 7) is 0. The maximum absolute atomic E-state index is 14.7. The molecule has 25 heavy (non-hydrogen) atoms. The Morgan fingerprint density at radius 3 is 2.28 bits per heavy atom. The Labute approximate surface area is 143 Å². The number of nitrogens with one attached hydrogen (secondary N) is 1. The molecule has 2 heterocycles. The molecular formula is C19H14FN5. The third-order valence-corrected chi connectivity index (χ3v) is 3.96. The molecule has 5 nitrogen and oxygen atoms in total. The van der Waals surface area contributed by atoms with Gasteiger partial charge in [0.2, 0.25) is 0 Å². The van der Waals surface area contributed by atoms with Gasteiger partial charge in [-0.3, -0.25) is 10.1 Å². The molecule has 0 saturated carbocycles. The molecule has 0 aliphatic rings. The van der Waals surface area contributed by atoms with Crippen molar-refractivity contribution in [3.05, 3.63) is 73.1 Å². The van der Waals surface area contributed by atoms with Crippen molar-refractivity contribution in [3.8, 4) is 33.5 Å². The van der Waals surface area contributed by atoms with Gasteiger partial charge in [-0.05, 0) is 28.8 Å². The molecule has 3 N–H and O–H groups in total. The zero-order chi connectivity index (χ0) is 17.2. The SMILES string of the molecule is Nc1cnc(-c2ccc(-c3ccccc3-c3cn[nH]c3)cc2F)cn1. The van der Waals surface area contributed by atoms with Gasteiger partial charge in [0.15, 0.2) is 0 Å². The van der Waals surface area contributed by atoms with Crippen LogP contribution in [0, 0.1) is 5.82 Å². The molecule has 122 valence electrons. The summed E-state index contributed by atoms with van der Waals surface area (Å²) in [4.78, 5) is 8.09. The van der Waals surface area contributed by atoms with Crippen molar-refractivity contribution < 1.29 is 4.39 Å². The van der Waals surface area contributed by atoms with Crippen molar-refractivity contribution in [2.45, 2.75) is 0 Å². The van der Waals surface area contributed by atoms with Gasteiger partial charge >= 0.3 is 0 Å². The fourth-order valence-electron chi connectivity index (χ4n) is 2.75. The fourth-order valence-corrected chi connectivity index (χ4v) is 2.75. The fraction of sp³-hybridized carbons (Fsp3) is 0. The Hall–Kier alpha value is -3.54. The molecule has 0 spiro atoms. The van der Waals surface area contributed by atoms with Gasteiger partial charge in [0.05, 0.1) is 24.3 Å². The molecule has 6 heteroatoms. The summed E-state index contributed by atoms with van der Waals surface area (Å²) < 4.78 is 14.7. The summed E-state index contributed by atoms with van der Waals surface area (Å²) in [7, 11) is 0. The number of aromatic amines is 1. The number of nitrogens with two attached hydrogens (primary N) is 1. The second-order valence-corrected chi connectivity index (χ2v) is 5.55. The number of halogens is 1. The Morgan fingerprint density at radius 1 is 0.840 bits per heavy atom. The van der Waals surface area contributed by atoms with E-state index in [1.54, 1.807) is 12.3 Å². The largest absolute Gasteiger partial charge is 0.382 e. The monoisotopic (exact) mass is 331 g/mol. The number of aromatic nitrogens is 4. The van der Waals surface area contributed by atoms with Gasteiger partial charge in [0, 0.05) is 17.3 Å². The van der Waals surface area contributed by atoms with Crippen LogP contribution in [0.5, 0.6) is 0 Å². The minimum atomic E-state index is -0.362. The van der Waals surface area contributed by atoms with Gasteiger partial charge in [0.25, 0.3) is 0 Å². The highest BCUT2D eigenvalue weighted by atomic mass is 19.1. The predicted octanol–water partition coefficient (Wildman–Crippen LogP) is 3.92. The van der Waals surface area contributed by atoms with Gasteiger partial charge in [0.1, 0.15) is 11.6 Å². The highest BCUT2D eigenvalue weighted by Crippen LogP contribution is 2.33. The smallest absolute Gasteiger partial charge is 0.141 e. The average molecular weight is 331 g/mol. The molecule has 0 unspecified atom stereocenters. The van der Waals surface area contributed by atoms with E-state index in [-0.39, 0.29) is 5.82 Å².